The Bertz CT molecular complexity index is 295. The summed E-state index contributed by atoms with van der Waals surface area (Å²) in [6.45, 7) is 1.65. The van der Waals surface area contributed by atoms with Crippen molar-refractivity contribution in [1.29, 1.82) is 0 Å². The average molecular weight is 236 g/mol. The van der Waals surface area contributed by atoms with Crippen LogP contribution in [0.3, 0.4) is 0 Å². The van der Waals surface area contributed by atoms with Crippen LogP contribution in [0.5, 0.6) is 0 Å². The van der Waals surface area contributed by atoms with Gasteiger partial charge in [0.05, 0.1) is 0 Å². The molecule has 4 unspecified atom stereocenters. The predicted octanol–water partition coefficient (Wildman–Crippen LogP) is 1.52. The Labute approximate surface area is 104 Å². The van der Waals surface area contributed by atoms with Crippen LogP contribution in [0.15, 0.2) is 0 Å². The molecule has 17 heavy (non-hydrogen) atoms. The van der Waals surface area contributed by atoms with E-state index in [4.69, 9.17) is 5.73 Å². The van der Waals surface area contributed by atoms with Gasteiger partial charge < -0.3 is 11.1 Å². The van der Waals surface area contributed by atoms with Crippen LogP contribution in [0.2, 0.25) is 0 Å². The maximum Gasteiger partial charge on any atom is 0.223 e. The highest BCUT2D eigenvalue weighted by atomic mass is 16.1. The van der Waals surface area contributed by atoms with Crippen LogP contribution in [0.4, 0.5) is 0 Å². The number of fused-ring (bicyclic) bond motifs is 1. The summed E-state index contributed by atoms with van der Waals surface area (Å²) < 4.78 is 0. The molecule has 0 spiro atoms. The van der Waals surface area contributed by atoms with Crippen molar-refractivity contribution >= 4 is 5.91 Å². The van der Waals surface area contributed by atoms with Gasteiger partial charge in [0.25, 0.3) is 0 Å². The number of nitrogens with two attached hydrogens (primary N) is 1. The van der Waals surface area contributed by atoms with Gasteiger partial charge in [-0.1, -0.05) is 6.42 Å². The highest BCUT2D eigenvalue weighted by Crippen LogP contribution is 2.54. The molecular weight excluding hydrogens is 212 g/mol. The van der Waals surface area contributed by atoms with E-state index in [2.05, 4.69) is 5.32 Å². The zero-order chi connectivity index (χ0) is 11.8. The molecule has 0 heterocycles. The molecule has 0 aliphatic heterocycles. The zero-order valence-corrected chi connectivity index (χ0v) is 10.5. The van der Waals surface area contributed by atoms with Crippen LogP contribution >= 0.6 is 0 Å². The molecule has 1 amide bonds. The molecule has 3 saturated carbocycles. The molecule has 96 valence electrons. The molecule has 3 heteroatoms. The van der Waals surface area contributed by atoms with E-state index in [1.165, 1.54) is 25.7 Å². The van der Waals surface area contributed by atoms with Crippen molar-refractivity contribution in [3.05, 3.63) is 0 Å². The molecule has 0 radical (unpaired) electrons. The predicted molar refractivity (Wildman–Crippen MR) is 67.2 cm³/mol. The molecule has 3 rings (SSSR count). The summed E-state index contributed by atoms with van der Waals surface area (Å²) >= 11 is 0. The van der Waals surface area contributed by atoms with Gasteiger partial charge >= 0.3 is 0 Å². The van der Waals surface area contributed by atoms with Gasteiger partial charge in [0.1, 0.15) is 0 Å². The summed E-state index contributed by atoms with van der Waals surface area (Å²) in [6.07, 6.45) is 7.49. The van der Waals surface area contributed by atoms with Gasteiger partial charge in [-0.25, -0.2) is 0 Å². The summed E-state index contributed by atoms with van der Waals surface area (Å²) in [4.78, 5) is 12.0. The minimum absolute atomic E-state index is 0.319. The van der Waals surface area contributed by atoms with E-state index >= 15 is 0 Å². The molecule has 0 aromatic carbocycles. The number of nitrogens with one attached hydrogen (secondary N) is 1. The van der Waals surface area contributed by atoms with E-state index in [0.29, 0.717) is 23.7 Å². The van der Waals surface area contributed by atoms with Gasteiger partial charge in [-0.3, -0.25) is 4.79 Å². The summed E-state index contributed by atoms with van der Waals surface area (Å²) in [5.41, 5.74) is 5.76. The quantitative estimate of drug-likeness (QED) is 0.777. The maximum absolute atomic E-state index is 12.0. The van der Waals surface area contributed by atoms with Crippen LogP contribution in [0, 0.1) is 29.6 Å². The van der Waals surface area contributed by atoms with Gasteiger partial charge in [-0.15, -0.1) is 0 Å². The molecular formula is C14H24N2O. The Morgan fingerprint density at radius 3 is 2.53 bits per heavy atom. The van der Waals surface area contributed by atoms with Crippen molar-refractivity contribution in [2.24, 2.45) is 35.3 Å². The smallest absolute Gasteiger partial charge is 0.223 e. The Kier molecular flexibility index (Phi) is 3.12. The van der Waals surface area contributed by atoms with Crippen LogP contribution < -0.4 is 11.1 Å². The van der Waals surface area contributed by atoms with Crippen molar-refractivity contribution in [2.75, 3.05) is 13.1 Å². The van der Waals surface area contributed by atoms with E-state index < -0.39 is 0 Å². The third-order valence-corrected chi connectivity index (χ3v) is 5.27. The van der Waals surface area contributed by atoms with E-state index in [1.54, 1.807) is 0 Å². The fourth-order valence-corrected chi connectivity index (χ4v) is 4.00. The first-order valence-electron chi connectivity index (χ1n) is 7.25. The number of amides is 1. The molecule has 0 bridgehead atoms. The van der Waals surface area contributed by atoms with Crippen LogP contribution in [0.1, 0.15) is 38.5 Å². The standard InChI is InChI=1S/C14H24N2O/c15-7-9-2-1-3-10(9)8-16-14(17)13-5-11-4-12(11)6-13/h9-13H,1-8,15H2,(H,16,17). The lowest BCUT2D eigenvalue weighted by Gasteiger charge is -2.20. The summed E-state index contributed by atoms with van der Waals surface area (Å²) in [6, 6.07) is 0. The molecule has 3 aliphatic carbocycles. The van der Waals surface area contributed by atoms with Crippen molar-refractivity contribution in [1.82, 2.24) is 5.32 Å². The van der Waals surface area contributed by atoms with E-state index in [0.717, 1.165) is 37.8 Å². The Morgan fingerprint density at radius 1 is 1.12 bits per heavy atom. The number of carbonyl (C=O) groups excluding carboxylic acids is 1. The summed E-state index contributed by atoms with van der Waals surface area (Å²) in [5, 5.41) is 3.18. The van der Waals surface area contributed by atoms with Crippen molar-refractivity contribution in [3.8, 4) is 0 Å². The van der Waals surface area contributed by atoms with Crippen molar-refractivity contribution in [3.63, 3.8) is 0 Å². The number of carbonyl (C=O) groups is 1. The summed E-state index contributed by atoms with van der Waals surface area (Å²) in [7, 11) is 0. The molecule has 3 fully saturated rings. The van der Waals surface area contributed by atoms with Gasteiger partial charge in [0.2, 0.25) is 5.91 Å². The lowest BCUT2D eigenvalue weighted by molar-refractivity contribution is -0.125. The second kappa shape index (κ2) is 4.60. The summed E-state index contributed by atoms with van der Waals surface area (Å²) in [5.74, 6) is 3.73. The topological polar surface area (TPSA) is 55.1 Å². The van der Waals surface area contributed by atoms with Gasteiger partial charge in [-0.05, 0) is 62.3 Å². The van der Waals surface area contributed by atoms with E-state index in [9.17, 15) is 4.79 Å². The first kappa shape index (κ1) is 11.5. The Hall–Kier alpha value is -0.570. The number of hydrogen-bond donors (Lipinski definition) is 2. The van der Waals surface area contributed by atoms with Gasteiger partial charge in [0.15, 0.2) is 0 Å². The molecule has 3 aliphatic rings. The van der Waals surface area contributed by atoms with Crippen molar-refractivity contribution < 1.29 is 4.79 Å². The molecule has 0 aromatic heterocycles. The number of rotatable bonds is 4. The van der Waals surface area contributed by atoms with E-state index in [1.807, 2.05) is 0 Å². The van der Waals surface area contributed by atoms with Crippen molar-refractivity contribution in [2.45, 2.75) is 38.5 Å². The second-order valence-electron chi connectivity index (χ2n) is 6.36. The minimum Gasteiger partial charge on any atom is -0.356 e. The SMILES string of the molecule is NCC1CCCC1CNC(=O)C1CC2CC2C1. The van der Waals surface area contributed by atoms with Crippen LogP contribution in [-0.2, 0) is 4.79 Å². The third-order valence-electron chi connectivity index (χ3n) is 5.27. The first-order chi connectivity index (χ1) is 8.28. The number of hydrogen-bond acceptors (Lipinski definition) is 2. The second-order valence-corrected chi connectivity index (χ2v) is 6.36. The normalized spacial score (nSPS) is 43.5. The highest BCUT2D eigenvalue weighted by molar-refractivity contribution is 5.79. The molecule has 3 N–H and O–H groups in total. The molecule has 0 aromatic rings. The lowest BCUT2D eigenvalue weighted by atomic mass is 9.95. The largest absolute Gasteiger partial charge is 0.356 e. The monoisotopic (exact) mass is 236 g/mol. The lowest BCUT2D eigenvalue weighted by Crippen LogP contribution is -2.36. The fourth-order valence-electron chi connectivity index (χ4n) is 4.00. The minimum atomic E-state index is 0.319. The maximum atomic E-state index is 12.0. The Morgan fingerprint density at radius 2 is 1.82 bits per heavy atom. The fraction of sp³-hybridized carbons (Fsp3) is 0.929. The molecule has 3 nitrogen and oxygen atoms in total. The van der Waals surface area contributed by atoms with Gasteiger partial charge in [-0.2, -0.15) is 0 Å². The van der Waals surface area contributed by atoms with Gasteiger partial charge in [0, 0.05) is 12.5 Å². The first-order valence-corrected chi connectivity index (χ1v) is 7.25. The van der Waals surface area contributed by atoms with Crippen LogP contribution in [0.25, 0.3) is 0 Å². The average Bonchev–Trinajstić information content (AvgIpc) is 2.81. The van der Waals surface area contributed by atoms with Crippen LogP contribution in [-0.4, -0.2) is 19.0 Å². The zero-order valence-electron chi connectivity index (χ0n) is 10.5. The third kappa shape index (κ3) is 2.35. The highest BCUT2D eigenvalue weighted by Gasteiger charge is 2.48. The van der Waals surface area contributed by atoms with E-state index in [-0.39, 0.29) is 0 Å². The molecule has 0 saturated heterocycles. The Balaban J connectivity index is 1.42. The molecule has 4 atom stereocenters.